The number of hydrogen-bond donors (Lipinski definition) is 4. The molecule has 2 aliphatic rings. The van der Waals surface area contributed by atoms with Crippen LogP contribution in [0.2, 0.25) is 0 Å². The Morgan fingerprint density at radius 2 is 0.952 bits per heavy atom. The van der Waals surface area contributed by atoms with Crippen molar-refractivity contribution in [2.75, 3.05) is 39.6 Å². The van der Waals surface area contributed by atoms with Crippen molar-refractivity contribution in [2.45, 2.75) is 63.7 Å². The van der Waals surface area contributed by atoms with Crippen molar-refractivity contribution in [1.82, 2.24) is 19.6 Å². The Balaban J connectivity index is 1.87. The van der Waals surface area contributed by atoms with Crippen LogP contribution in [0.1, 0.15) is 39.5 Å². The lowest BCUT2D eigenvalue weighted by Crippen LogP contribution is -2.63. The molecule has 234 valence electrons. The van der Waals surface area contributed by atoms with Crippen LogP contribution in [0, 0.1) is 0 Å². The summed E-state index contributed by atoms with van der Waals surface area (Å²) < 4.78 is 9.83. The van der Waals surface area contributed by atoms with E-state index in [1.54, 1.807) is 23.6 Å². The summed E-state index contributed by atoms with van der Waals surface area (Å²) in [6.07, 6.45) is -1.06. The monoisotopic (exact) mass is 600 g/mol. The zero-order chi connectivity index (χ0) is 31.7. The van der Waals surface area contributed by atoms with E-state index in [2.05, 4.69) is 0 Å². The lowest BCUT2D eigenvalue weighted by atomic mass is 10.1. The quantitative estimate of drug-likeness (QED) is 0.105. The molecule has 6 N–H and O–H groups in total. The van der Waals surface area contributed by atoms with Crippen molar-refractivity contribution in [3.05, 3.63) is 0 Å². The Morgan fingerprint density at radius 1 is 0.667 bits per heavy atom. The summed E-state index contributed by atoms with van der Waals surface area (Å²) >= 11 is 0. The minimum absolute atomic E-state index is 0.174. The van der Waals surface area contributed by atoms with Crippen LogP contribution in [-0.4, -0.2) is 141 Å². The van der Waals surface area contributed by atoms with Gasteiger partial charge >= 0.3 is 23.9 Å². The van der Waals surface area contributed by atoms with Crippen LogP contribution in [0.3, 0.4) is 0 Å². The number of aliphatic carboxylic acids is 2. The second-order valence-electron chi connectivity index (χ2n) is 9.98. The molecule has 2 heterocycles. The van der Waals surface area contributed by atoms with Crippen molar-refractivity contribution in [1.29, 1.82) is 0 Å². The first kappa shape index (κ1) is 34.2. The lowest BCUT2D eigenvalue weighted by Gasteiger charge is -2.43. The molecule has 2 saturated heterocycles. The molecule has 0 aromatic heterocycles. The average molecular weight is 601 g/mol. The molecule has 0 aromatic carbocycles. The van der Waals surface area contributed by atoms with Gasteiger partial charge in [-0.05, 0) is 26.7 Å². The highest BCUT2D eigenvalue weighted by atomic mass is 16.6. The number of carbonyl (C=O) groups is 8. The van der Waals surface area contributed by atoms with Crippen molar-refractivity contribution < 1.29 is 58.0 Å². The van der Waals surface area contributed by atoms with Crippen LogP contribution in [0.5, 0.6) is 0 Å². The molecular formula is C24H36N6O12. The molecule has 4 amide bonds. The topological polar surface area (TPSA) is 260 Å². The number of carbonyl (C=O) groups excluding carboxylic acids is 6. The molecule has 0 spiro atoms. The standard InChI is InChI=1S/C24H36N6O12/c1-13(27-7-17(31)29(18(32)8-27)11-41-23(39)15(25)3-5-21(35)36)14(2)28-9-19(33)30(20(34)10-28)12-42-24(40)16(26)4-6-22(37)38/h13-16H,3-12,25-26H2,1-2H3,(H,35,36)(H,37,38)/t13-,14+,15-,16-/m0/s1. The highest BCUT2D eigenvalue weighted by Crippen LogP contribution is 2.18. The van der Waals surface area contributed by atoms with Crippen LogP contribution in [0.25, 0.3) is 0 Å². The molecule has 4 atom stereocenters. The van der Waals surface area contributed by atoms with E-state index in [-0.39, 0.29) is 51.9 Å². The molecule has 2 aliphatic heterocycles. The van der Waals surface area contributed by atoms with Crippen molar-refractivity contribution in [2.24, 2.45) is 11.5 Å². The summed E-state index contributed by atoms with van der Waals surface area (Å²) in [7, 11) is 0. The molecule has 2 fully saturated rings. The number of amides is 4. The van der Waals surface area contributed by atoms with Gasteiger partial charge in [0.05, 0.1) is 26.2 Å². The number of hydrogen-bond acceptors (Lipinski definition) is 14. The number of nitrogens with zero attached hydrogens (tertiary/aromatic N) is 4. The summed E-state index contributed by atoms with van der Waals surface area (Å²) in [5, 5.41) is 17.4. The van der Waals surface area contributed by atoms with Gasteiger partial charge in [-0.25, -0.2) is 9.80 Å². The van der Waals surface area contributed by atoms with E-state index < -0.39 is 85.1 Å². The largest absolute Gasteiger partial charge is 0.481 e. The number of esters is 2. The van der Waals surface area contributed by atoms with Crippen LogP contribution in [-0.2, 0) is 47.8 Å². The number of nitrogens with two attached hydrogens (primary N) is 2. The SMILES string of the molecule is C[C@H]([C@H](C)N1CC(=O)N(COC(=O)[C@@H](N)CCC(=O)O)C(=O)C1)N1CC(=O)N(COC(=O)[C@@H](N)CCC(=O)O)C(=O)C1. The molecule has 0 aromatic rings. The minimum Gasteiger partial charge on any atom is -0.481 e. The van der Waals surface area contributed by atoms with Gasteiger partial charge in [0.25, 0.3) is 0 Å². The maximum Gasteiger partial charge on any atom is 0.324 e. The molecule has 0 aliphatic carbocycles. The third-order valence-corrected chi connectivity index (χ3v) is 7.02. The van der Waals surface area contributed by atoms with Gasteiger partial charge < -0.3 is 31.2 Å². The fourth-order valence-electron chi connectivity index (χ4n) is 4.16. The van der Waals surface area contributed by atoms with Gasteiger partial charge in [0.15, 0.2) is 13.5 Å². The smallest absolute Gasteiger partial charge is 0.324 e. The van der Waals surface area contributed by atoms with E-state index in [0.29, 0.717) is 0 Å². The van der Waals surface area contributed by atoms with E-state index >= 15 is 0 Å². The number of rotatable bonds is 15. The molecule has 18 nitrogen and oxygen atoms in total. The van der Waals surface area contributed by atoms with E-state index in [4.69, 9.17) is 31.2 Å². The lowest BCUT2D eigenvalue weighted by molar-refractivity contribution is -0.169. The third kappa shape index (κ3) is 9.54. The normalized spacial score (nSPS) is 19.7. The Bertz CT molecular complexity index is 980. The van der Waals surface area contributed by atoms with E-state index in [0.717, 1.165) is 9.80 Å². The number of ether oxygens (including phenoxy) is 2. The maximum atomic E-state index is 12.7. The van der Waals surface area contributed by atoms with E-state index in [1.165, 1.54) is 0 Å². The first-order valence-electron chi connectivity index (χ1n) is 13.0. The van der Waals surface area contributed by atoms with Crippen molar-refractivity contribution in [3.8, 4) is 0 Å². The maximum absolute atomic E-state index is 12.7. The van der Waals surface area contributed by atoms with E-state index in [9.17, 15) is 38.4 Å². The molecule has 0 saturated carbocycles. The van der Waals surface area contributed by atoms with Crippen LogP contribution < -0.4 is 11.5 Å². The first-order valence-corrected chi connectivity index (χ1v) is 13.0. The van der Waals surface area contributed by atoms with Gasteiger partial charge in [0, 0.05) is 24.9 Å². The fourth-order valence-corrected chi connectivity index (χ4v) is 4.16. The Kier molecular flexibility index (Phi) is 12.5. The van der Waals surface area contributed by atoms with Crippen molar-refractivity contribution >= 4 is 47.5 Å². The first-order chi connectivity index (χ1) is 19.6. The summed E-state index contributed by atoms with van der Waals surface area (Å²) in [5.41, 5.74) is 11.1. The molecule has 2 rings (SSSR count). The highest BCUT2D eigenvalue weighted by Gasteiger charge is 2.40. The second-order valence-corrected chi connectivity index (χ2v) is 9.98. The van der Waals surface area contributed by atoms with Gasteiger partial charge in [-0.2, -0.15) is 0 Å². The third-order valence-electron chi connectivity index (χ3n) is 7.02. The molecule has 18 heteroatoms. The molecule has 0 radical (unpaired) electrons. The van der Waals surface area contributed by atoms with Gasteiger partial charge in [0.2, 0.25) is 23.6 Å². The van der Waals surface area contributed by atoms with E-state index in [1.807, 2.05) is 0 Å². The zero-order valence-corrected chi connectivity index (χ0v) is 23.3. The minimum atomic E-state index is -1.23. The molecular weight excluding hydrogens is 564 g/mol. The number of carboxylic acids is 2. The fraction of sp³-hybridized carbons (Fsp3) is 0.667. The number of imide groups is 2. The Hall–Kier alpha value is -4.00. The summed E-state index contributed by atoms with van der Waals surface area (Å²) in [5.74, 6) is -6.81. The molecule has 0 bridgehead atoms. The van der Waals surface area contributed by atoms with Gasteiger partial charge in [0.1, 0.15) is 12.1 Å². The Labute approximate surface area is 240 Å². The van der Waals surface area contributed by atoms with Gasteiger partial charge in [-0.3, -0.25) is 48.2 Å². The molecule has 0 unspecified atom stereocenters. The predicted molar refractivity (Wildman–Crippen MR) is 137 cm³/mol. The average Bonchev–Trinajstić information content (AvgIpc) is 2.92. The van der Waals surface area contributed by atoms with Crippen LogP contribution >= 0.6 is 0 Å². The van der Waals surface area contributed by atoms with Gasteiger partial charge in [-0.1, -0.05) is 0 Å². The number of piperazine rings is 2. The number of carboxylic acid groups (broad SMARTS) is 2. The van der Waals surface area contributed by atoms with Crippen molar-refractivity contribution in [3.63, 3.8) is 0 Å². The summed E-state index contributed by atoms with van der Waals surface area (Å²) in [4.78, 5) is 100. The summed E-state index contributed by atoms with van der Waals surface area (Å²) in [6.45, 7) is 1.19. The second kappa shape index (κ2) is 15.3. The Morgan fingerprint density at radius 3 is 1.21 bits per heavy atom. The van der Waals surface area contributed by atoms with Crippen LogP contribution in [0.4, 0.5) is 0 Å². The highest BCUT2D eigenvalue weighted by molar-refractivity contribution is 6.00. The predicted octanol–water partition coefficient (Wildman–Crippen LogP) is -3.51. The summed E-state index contributed by atoms with van der Waals surface area (Å²) in [6, 6.07) is -3.42. The molecule has 42 heavy (non-hydrogen) atoms. The van der Waals surface area contributed by atoms with Gasteiger partial charge in [-0.15, -0.1) is 0 Å². The zero-order valence-electron chi connectivity index (χ0n) is 23.3. The van der Waals surface area contributed by atoms with Crippen LogP contribution in [0.15, 0.2) is 0 Å².